The van der Waals surface area contributed by atoms with E-state index >= 15 is 0 Å². The van der Waals surface area contributed by atoms with Crippen LogP contribution in [0.3, 0.4) is 0 Å². The zero-order valence-corrected chi connectivity index (χ0v) is 31.0. The van der Waals surface area contributed by atoms with Gasteiger partial charge in [0, 0.05) is 19.3 Å². The van der Waals surface area contributed by atoms with E-state index in [2.05, 4.69) is 45.1 Å². The Balaban J connectivity index is 4.12. The minimum absolute atomic E-state index is 0.0741. The fourth-order valence-electron chi connectivity index (χ4n) is 5.41. The number of rotatable bonds is 35. The van der Waals surface area contributed by atoms with Crippen molar-refractivity contribution in [1.82, 2.24) is 0 Å². The zero-order valence-electron chi connectivity index (χ0n) is 31.0. The second-order valence-electron chi connectivity index (χ2n) is 13.2. The smallest absolute Gasteiger partial charge is 0.306 e. The predicted molar refractivity (Wildman–Crippen MR) is 196 cm³/mol. The van der Waals surface area contributed by atoms with Crippen LogP contribution in [0.15, 0.2) is 24.3 Å². The molecule has 274 valence electrons. The Hall–Kier alpha value is -2.11. The lowest BCUT2D eigenvalue weighted by Crippen LogP contribution is -2.30. The van der Waals surface area contributed by atoms with Crippen LogP contribution in [0, 0.1) is 0 Å². The molecule has 47 heavy (non-hydrogen) atoms. The first-order valence-corrected chi connectivity index (χ1v) is 19.8. The highest BCUT2D eigenvalue weighted by Gasteiger charge is 2.19. The number of esters is 3. The van der Waals surface area contributed by atoms with E-state index in [9.17, 15) is 14.4 Å². The van der Waals surface area contributed by atoms with Gasteiger partial charge in [-0.25, -0.2) is 0 Å². The van der Waals surface area contributed by atoms with Crippen LogP contribution in [0.5, 0.6) is 0 Å². The van der Waals surface area contributed by atoms with E-state index in [1.54, 1.807) is 0 Å². The Morgan fingerprint density at radius 2 is 0.766 bits per heavy atom. The average molecular weight is 663 g/mol. The minimum Gasteiger partial charge on any atom is -0.462 e. The molecule has 0 fully saturated rings. The molecule has 0 aromatic heterocycles. The molecule has 0 radical (unpaired) electrons. The average Bonchev–Trinajstić information content (AvgIpc) is 3.06. The first-order chi connectivity index (χ1) is 23.0. The van der Waals surface area contributed by atoms with Crippen LogP contribution in [0.25, 0.3) is 0 Å². The van der Waals surface area contributed by atoms with Gasteiger partial charge in [0.25, 0.3) is 0 Å². The molecule has 0 saturated heterocycles. The van der Waals surface area contributed by atoms with Crippen LogP contribution in [0.1, 0.15) is 201 Å². The van der Waals surface area contributed by atoms with E-state index in [-0.39, 0.29) is 31.1 Å². The molecule has 0 saturated carbocycles. The molecule has 0 bridgehead atoms. The Labute approximate surface area is 290 Å². The molecule has 0 heterocycles. The first-order valence-electron chi connectivity index (χ1n) is 19.8. The van der Waals surface area contributed by atoms with Crippen molar-refractivity contribution in [2.24, 2.45) is 0 Å². The fourth-order valence-corrected chi connectivity index (χ4v) is 5.41. The summed E-state index contributed by atoms with van der Waals surface area (Å²) in [7, 11) is 0. The van der Waals surface area contributed by atoms with Crippen molar-refractivity contribution in [2.45, 2.75) is 207 Å². The molecule has 1 unspecified atom stereocenters. The Bertz CT molecular complexity index is 774. The summed E-state index contributed by atoms with van der Waals surface area (Å²) >= 11 is 0. The van der Waals surface area contributed by atoms with Gasteiger partial charge in [0.15, 0.2) is 6.10 Å². The van der Waals surface area contributed by atoms with Gasteiger partial charge in [0.05, 0.1) is 0 Å². The van der Waals surface area contributed by atoms with Gasteiger partial charge in [-0.2, -0.15) is 0 Å². The third-order valence-electron chi connectivity index (χ3n) is 8.46. The minimum atomic E-state index is -0.762. The van der Waals surface area contributed by atoms with Crippen LogP contribution >= 0.6 is 0 Å². The van der Waals surface area contributed by atoms with Crippen molar-refractivity contribution >= 4 is 17.9 Å². The molecule has 6 heteroatoms. The van der Waals surface area contributed by atoms with Gasteiger partial charge in [-0.1, -0.05) is 154 Å². The summed E-state index contributed by atoms with van der Waals surface area (Å²) in [5.41, 5.74) is 0. The number of allylic oxidation sites excluding steroid dienone is 4. The van der Waals surface area contributed by atoms with Crippen molar-refractivity contribution in [2.75, 3.05) is 13.2 Å². The summed E-state index contributed by atoms with van der Waals surface area (Å²) in [5.74, 6) is -0.909. The summed E-state index contributed by atoms with van der Waals surface area (Å²) in [4.78, 5) is 37.1. The molecule has 0 amide bonds. The van der Waals surface area contributed by atoms with Crippen molar-refractivity contribution < 1.29 is 28.6 Å². The summed E-state index contributed by atoms with van der Waals surface area (Å²) < 4.78 is 16.4. The molecule has 0 aliphatic heterocycles. The predicted octanol–water partition coefficient (Wildman–Crippen LogP) is 12.1. The highest BCUT2D eigenvalue weighted by Crippen LogP contribution is 2.13. The number of unbranched alkanes of at least 4 members (excludes halogenated alkanes) is 20. The van der Waals surface area contributed by atoms with Crippen LogP contribution < -0.4 is 0 Å². The Morgan fingerprint density at radius 1 is 0.426 bits per heavy atom. The van der Waals surface area contributed by atoms with Crippen LogP contribution in [-0.2, 0) is 28.6 Å². The van der Waals surface area contributed by atoms with Gasteiger partial charge >= 0.3 is 17.9 Å². The number of hydrogen-bond acceptors (Lipinski definition) is 6. The van der Waals surface area contributed by atoms with E-state index in [4.69, 9.17) is 14.2 Å². The highest BCUT2D eigenvalue weighted by atomic mass is 16.6. The summed E-state index contributed by atoms with van der Waals surface area (Å²) in [6, 6.07) is 0. The Morgan fingerprint density at radius 3 is 1.19 bits per heavy atom. The van der Waals surface area contributed by atoms with Gasteiger partial charge in [-0.15, -0.1) is 0 Å². The van der Waals surface area contributed by atoms with E-state index < -0.39 is 6.10 Å². The zero-order chi connectivity index (χ0) is 34.5. The number of ether oxygens (including phenoxy) is 3. The summed E-state index contributed by atoms with van der Waals surface area (Å²) in [6.45, 7) is 6.45. The fraction of sp³-hybridized carbons (Fsp3) is 0.829. The maximum absolute atomic E-state index is 12.4. The first kappa shape index (κ1) is 44.9. The van der Waals surface area contributed by atoms with Crippen molar-refractivity contribution in [3.63, 3.8) is 0 Å². The molecule has 6 nitrogen and oxygen atoms in total. The van der Waals surface area contributed by atoms with Gasteiger partial charge in [0.1, 0.15) is 13.2 Å². The second-order valence-corrected chi connectivity index (χ2v) is 13.2. The van der Waals surface area contributed by atoms with Crippen LogP contribution in [0.4, 0.5) is 0 Å². The van der Waals surface area contributed by atoms with E-state index in [1.807, 2.05) is 0 Å². The normalized spacial score (nSPS) is 12.1. The van der Waals surface area contributed by atoms with Crippen molar-refractivity contribution in [3.05, 3.63) is 24.3 Å². The van der Waals surface area contributed by atoms with Gasteiger partial charge in [-0.05, 0) is 51.4 Å². The second kappa shape index (κ2) is 36.7. The molecular formula is C41H74O6. The lowest BCUT2D eigenvalue weighted by Gasteiger charge is -2.18. The van der Waals surface area contributed by atoms with Gasteiger partial charge in [0.2, 0.25) is 0 Å². The third-order valence-corrected chi connectivity index (χ3v) is 8.46. The third kappa shape index (κ3) is 35.0. The van der Waals surface area contributed by atoms with Gasteiger partial charge in [-0.3, -0.25) is 14.4 Å². The number of carbonyl (C=O) groups is 3. The quantitative estimate of drug-likeness (QED) is 0.0291. The molecule has 0 aliphatic rings. The standard InChI is InChI=1S/C41H74O6/c1-4-7-10-13-15-16-17-18-19-20-21-22-23-24-25-26-29-31-34-40(43)46-37-38(36-45-39(42)33-30-27-12-9-6-3)47-41(44)35-32-28-14-11-8-5-2/h16-17,19-20,38H,4-15,18,21-37H2,1-3H3/b17-16-,20-19-. The summed E-state index contributed by atoms with van der Waals surface area (Å²) in [5, 5.41) is 0. The van der Waals surface area contributed by atoms with E-state index in [1.165, 1.54) is 83.5 Å². The lowest BCUT2D eigenvalue weighted by molar-refractivity contribution is -0.167. The Kier molecular flexibility index (Phi) is 35.1. The number of carbonyl (C=O) groups excluding carboxylic acids is 3. The molecule has 0 aromatic carbocycles. The SMILES string of the molecule is CCCCCC/C=C\C/C=C\CCCCCCCCCC(=O)OCC(COC(=O)CCCCCCC)OC(=O)CCCCCCCC. The molecule has 0 aromatic rings. The lowest BCUT2D eigenvalue weighted by atomic mass is 10.1. The number of hydrogen-bond donors (Lipinski definition) is 0. The highest BCUT2D eigenvalue weighted by molar-refractivity contribution is 5.71. The van der Waals surface area contributed by atoms with E-state index in [0.29, 0.717) is 19.3 Å². The largest absolute Gasteiger partial charge is 0.462 e. The molecule has 0 rings (SSSR count). The maximum Gasteiger partial charge on any atom is 0.306 e. The molecule has 1 atom stereocenters. The summed E-state index contributed by atoms with van der Waals surface area (Å²) in [6.07, 6.45) is 37.8. The van der Waals surface area contributed by atoms with E-state index in [0.717, 1.165) is 77.0 Å². The van der Waals surface area contributed by atoms with Gasteiger partial charge < -0.3 is 14.2 Å². The molecule has 0 aliphatic carbocycles. The van der Waals surface area contributed by atoms with Crippen LogP contribution in [-0.4, -0.2) is 37.2 Å². The van der Waals surface area contributed by atoms with Crippen LogP contribution in [0.2, 0.25) is 0 Å². The monoisotopic (exact) mass is 663 g/mol. The molecule has 0 N–H and O–H groups in total. The van der Waals surface area contributed by atoms with Crippen molar-refractivity contribution in [1.29, 1.82) is 0 Å². The van der Waals surface area contributed by atoms with Crippen molar-refractivity contribution in [3.8, 4) is 0 Å². The molecule has 0 spiro atoms. The topological polar surface area (TPSA) is 78.9 Å². The molecular weight excluding hydrogens is 588 g/mol. The maximum atomic E-state index is 12.4.